The van der Waals surface area contributed by atoms with E-state index in [1.165, 1.54) is 16.7 Å². The SMILES string of the molecule is C=O.Cc1ccc(Oc2ccc(C(C)(C)c3ccc(OC(=O)c4ccc(C)c(C)c4)cc3)cc2)cc1C. The van der Waals surface area contributed by atoms with Crippen LogP contribution in [0, 0.1) is 27.7 Å². The molecule has 0 heterocycles. The van der Waals surface area contributed by atoms with Gasteiger partial charge in [0, 0.05) is 5.41 Å². The molecule has 0 spiro atoms. The first-order valence-electron chi connectivity index (χ1n) is 12.2. The van der Waals surface area contributed by atoms with Gasteiger partial charge in [-0.15, -0.1) is 0 Å². The smallest absolute Gasteiger partial charge is 0.343 e. The van der Waals surface area contributed by atoms with Gasteiger partial charge in [0.25, 0.3) is 0 Å². The lowest BCUT2D eigenvalue weighted by atomic mass is 9.78. The first-order valence-corrected chi connectivity index (χ1v) is 12.2. The molecule has 4 rings (SSSR count). The molecule has 0 saturated carbocycles. The Morgan fingerprint density at radius 3 is 1.57 bits per heavy atom. The molecule has 0 aliphatic carbocycles. The molecule has 0 N–H and O–H groups in total. The van der Waals surface area contributed by atoms with E-state index in [0.717, 1.165) is 28.2 Å². The lowest BCUT2D eigenvalue weighted by Crippen LogP contribution is -2.18. The molecule has 0 aliphatic heterocycles. The molecule has 0 unspecified atom stereocenters. The van der Waals surface area contributed by atoms with E-state index < -0.39 is 0 Å². The summed E-state index contributed by atoms with van der Waals surface area (Å²) in [5, 5.41) is 0. The van der Waals surface area contributed by atoms with Crippen LogP contribution in [-0.4, -0.2) is 12.8 Å². The van der Waals surface area contributed by atoms with Gasteiger partial charge in [-0.25, -0.2) is 4.79 Å². The summed E-state index contributed by atoms with van der Waals surface area (Å²) in [5.74, 6) is 1.83. The fraction of sp³-hybridized carbons (Fsp3) is 0.212. The van der Waals surface area contributed by atoms with Gasteiger partial charge >= 0.3 is 5.97 Å². The number of rotatable bonds is 6. The normalized spacial score (nSPS) is 10.8. The van der Waals surface area contributed by atoms with E-state index in [9.17, 15) is 4.79 Å². The van der Waals surface area contributed by atoms with Crippen LogP contribution in [0.25, 0.3) is 0 Å². The molecule has 0 aromatic heterocycles. The number of hydrogen-bond acceptors (Lipinski definition) is 4. The van der Waals surface area contributed by atoms with Crippen LogP contribution in [0.3, 0.4) is 0 Å². The van der Waals surface area contributed by atoms with Gasteiger partial charge in [-0.05, 0) is 110 Å². The van der Waals surface area contributed by atoms with Crippen molar-refractivity contribution in [1.29, 1.82) is 0 Å². The number of hydrogen-bond donors (Lipinski definition) is 0. The van der Waals surface area contributed by atoms with Crippen molar-refractivity contribution in [1.82, 2.24) is 0 Å². The largest absolute Gasteiger partial charge is 0.457 e. The number of benzene rings is 4. The van der Waals surface area contributed by atoms with Crippen molar-refractivity contribution in [3.8, 4) is 17.2 Å². The zero-order valence-corrected chi connectivity index (χ0v) is 22.4. The minimum Gasteiger partial charge on any atom is -0.457 e. The van der Waals surface area contributed by atoms with Crippen LogP contribution >= 0.6 is 0 Å². The number of carbonyl (C=O) groups is 2. The van der Waals surface area contributed by atoms with E-state index in [4.69, 9.17) is 14.3 Å². The molecule has 0 atom stereocenters. The standard InChI is InChI=1S/C32H32O3.CH2O/c1-21-7-9-25(19-23(21)3)31(33)35-29-17-12-27(13-18-29)32(5,6)26-10-15-28(16-11-26)34-30-14-8-22(2)24(4)20-30;1-2/h7-20H,1-6H3;1H2. The van der Waals surface area contributed by atoms with Gasteiger partial charge in [-0.3, -0.25) is 0 Å². The van der Waals surface area contributed by atoms with Crippen molar-refractivity contribution in [3.63, 3.8) is 0 Å². The van der Waals surface area contributed by atoms with Gasteiger partial charge in [-0.1, -0.05) is 50.2 Å². The molecular weight excluding hydrogens is 460 g/mol. The van der Waals surface area contributed by atoms with Crippen LogP contribution < -0.4 is 9.47 Å². The van der Waals surface area contributed by atoms with Crippen LogP contribution in [0.15, 0.2) is 84.9 Å². The summed E-state index contributed by atoms with van der Waals surface area (Å²) in [6, 6.07) is 27.7. The summed E-state index contributed by atoms with van der Waals surface area (Å²) in [5.41, 5.74) is 7.32. The predicted octanol–water partition coefficient (Wildman–Crippen LogP) is 8.07. The van der Waals surface area contributed by atoms with E-state index in [-0.39, 0.29) is 11.4 Å². The highest BCUT2D eigenvalue weighted by Gasteiger charge is 2.23. The average molecular weight is 495 g/mol. The second-order valence-corrected chi connectivity index (χ2v) is 9.71. The van der Waals surface area contributed by atoms with E-state index in [1.54, 1.807) is 6.07 Å². The van der Waals surface area contributed by atoms with Gasteiger partial charge < -0.3 is 14.3 Å². The van der Waals surface area contributed by atoms with Gasteiger partial charge in [0.05, 0.1) is 5.56 Å². The van der Waals surface area contributed by atoms with E-state index in [2.05, 4.69) is 52.0 Å². The molecule has 0 amide bonds. The Morgan fingerprint density at radius 2 is 1.05 bits per heavy atom. The maximum Gasteiger partial charge on any atom is 0.343 e. The van der Waals surface area contributed by atoms with E-state index in [1.807, 2.05) is 75.2 Å². The third-order valence-electron chi connectivity index (χ3n) is 6.82. The topological polar surface area (TPSA) is 52.6 Å². The van der Waals surface area contributed by atoms with Gasteiger partial charge in [-0.2, -0.15) is 0 Å². The van der Waals surface area contributed by atoms with Crippen LogP contribution in [0.1, 0.15) is 57.6 Å². The number of carbonyl (C=O) groups excluding carboxylic acids is 2. The number of ether oxygens (including phenoxy) is 2. The second-order valence-electron chi connectivity index (χ2n) is 9.71. The average Bonchev–Trinajstić information content (AvgIpc) is 2.89. The quantitative estimate of drug-likeness (QED) is 0.201. The third-order valence-corrected chi connectivity index (χ3v) is 6.82. The molecule has 0 bridgehead atoms. The summed E-state index contributed by atoms with van der Waals surface area (Å²) in [6.45, 7) is 14.6. The Balaban J connectivity index is 0.00000186. The maximum absolute atomic E-state index is 12.5. The molecule has 0 saturated heterocycles. The second kappa shape index (κ2) is 11.7. The Bertz CT molecular complexity index is 1370. The Labute approximate surface area is 219 Å². The zero-order chi connectivity index (χ0) is 27.2. The van der Waals surface area contributed by atoms with E-state index >= 15 is 0 Å². The summed E-state index contributed by atoms with van der Waals surface area (Å²) < 4.78 is 11.6. The molecular formula is C33H34O4. The van der Waals surface area contributed by atoms with Crippen molar-refractivity contribution in [2.45, 2.75) is 47.0 Å². The highest BCUT2D eigenvalue weighted by atomic mass is 16.5. The van der Waals surface area contributed by atoms with E-state index in [0.29, 0.717) is 11.3 Å². The molecule has 4 aromatic rings. The lowest BCUT2D eigenvalue weighted by molar-refractivity contribution is -0.0980. The number of esters is 1. The minimum atomic E-state index is -0.348. The van der Waals surface area contributed by atoms with Crippen LogP contribution in [0.5, 0.6) is 17.2 Å². The van der Waals surface area contributed by atoms with Crippen molar-refractivity contribution in [3.05, 3.63) is 124 Å². The molecule has 37 heavy (non-hydrogen) atoms. The van der Waals surface area contributed by atoms with Gasteiger partial charge in [0.15, 0.2) is 0 Å². The Morgan fingerprint density at radius 1 is 0.595 bits per heavy atom. The molecule has 4 heteroatoms. The van der Waals surface area contributed by atoms with Crippen molar-refractivity contribution < 1.29 is 19.1 Å². The first-order chi connectivity index (χ1) is 17.6. The van der Waals surface area contributed by atoms with Gasteiger partial charge in [0.2, 0.25) is 0 Å². The molecule has 0 fully saturated rings. The van der Waals surface area contributed by atoms with Crippen LogP contribution in [-0.2, 0) is 10.2 Å². The lowest BCUT2D eigenvalue weighted by Gasteiger charge is -2.26. The highest BCUT2D eigenvalue weighted by Crippen LogP contribution is 2.34. The summed E-state index contributed by atoms with van der Waals surface area (Å²) in [4.78, 5) is 20.5. The number of aryl methyl sites for hydroxylation is 4. The molecule has 4 nitrogen and oxygen atoms in total. The van der Waals surface area contributed by atoms with Crippen LogP contribution in [0.4, 0.5) is 0 Å². The highest BCUT2D eigenvalue weighted by molar-refractivity contribution is 5.91. The maximum atomic E-state index is 12.5. The fourth-order valence-corrected chi connectivity index (χ4v) is 3.99. The van der Waals surface area contributed by atoms with Crippen molar-refractivity contribution in [2.75, 3.05) is 0 Å². The minimum absolute atomic E-state index is 0.227. The molecule has 4 aromatic carbocycles. The fourth-order valence-electron chi connectivity index (χ4n) is 3.99. The Kier molecular flexibility index (Phi) is 8.67. The first kappa shape index (κ1) is 27.4. The summed E-state index contributed by atoms with van der Waals surface area (Å²) in [7, 11) is 0. The summed E-state index contributed by atoms with van der Waals surface area (Å²) >= 11 is 0. The molecule has 0 aliphatic rings. The monoisotopic (exact) mass is 494 g/mol. The van der Waals surface area contributed by atoms with Crippen molar-refractivity contribution in [2.24, 2.45) is 0 Å². The third kappa shape index (κ3) is 6.53. The predicted molar refractivity (Wildman–Crippen MR) is 149 cm³/mol. The molecule has 0 radical (unpaired) electrons. The van der Waals surface area contributed by atoms with Gasteiger partial charge in [0.1, 0.15) is 24.0 Å². The summed E-state index contributed by atoms with van der Waals surface area (Å²) in [6.07, 6.45) is 0. The zero-order valence-electron chi connectivity index (χ0n) is 22.4. The Hall–Kier alpha value is -4.18. The van der Waals surface area contributed by atoms with Crippen LogP contribution in [0.2, 0.25) is 0 Å². The van der Waals surface area contributed by atoms with Crippen molar-refractivity contribution >= 4 is 12.8 Å². The molecule has 190 valence electrons.